The zero-order chi connectivity index (χ0) is 15.1. The Labute approximate surface area is 110 Å². The van der Waals surface area contributed by atoms with Crippen LogP contribution in [0.2, 0.25) is 0 Å². The summed E-state index contributed by atoms with van der Waals surface area (Å²) < 4.78 is 37.7. The van der Waals surface area contributed by atoms with Crippen LogP contribution in [0, 0.1) is 17.0 Å². The number of benzene rings is 1. The molecule has 0 saturated carbocycles. The molecule has 1 aliphatic rings. The second kappa shape index (κ2) is 4.44. The molecule has 2 rings (SSSR count). The minimum atomic E-state index is -4.98. The summed E-state index contributed by atoms with van der Waals surface area (Å²) in [6, 6.07) is 3.64. The van der Waals surface area contributed by atoms with E-state index in [0.717, 1.165) is 6.07 Å². The van der Waals surface area contributed by atoms with E-state index in [2.05, 4.69) is 9.99 Å². The van der Waals surface area contributed by atoms with Crippen LogP contribution in [0.3, 0.4) is 0 Å². The number of aliphatic hydroxyl groups is 1. The Morgan fingerprint density at radius 3 is 2.60 bits per heavy atom. The fourth-order valence-corrected chi connectivity index (χ4v) is 1.80. The molecule has 1 aromatic rings. The predicted octanol–water partition coefficient (Wildman–Crippen LogP) is 2.28. The van der Waals surface area contributed by atoms with E-state index in [-0.39, 0.29) is 17.0 Å². The van der Waals surface area contributed by atoms with E-state index >= 15 is 0 Å². The van der Waals surface area contributed by atoms with Crippen molar-refractivity contribution in [2.24, 2.45) is 5.16 Å². The minimum absolute atomic E-state index is 0.114. The standard InChI is InChI=1S/C11H9F3N2O4/c1-6-4-7(16(18)19)2-3-8(6)9-5-10(17,20-15-9)11(12,13)14/h2-4,17H,5H2,1H3. The van der Waals surface area contributed by atoms with Crippen LogP contribution in [0.5, 0.6) is 0 Å². The third-order valence-electron chi connectivity index (χ3n) is 2.89. The molecule has 0 aliphatic carbocycles. The highest BCUT2D eigenvalue weighted by molar-refractivity contribution is 6.02. The fourth-order valence-electron chi connectivity index (χ4n) is 1.80. The Morgan fingerprint density at radius 2 is 2.15 bits per heavy atom. The van der Waals surface area contributed by atoms with Crippen molar-refractivity contribution in [1.29, 1.82) is 0 Å². The van der Waals surface area contributed by atoms with Gasteiger partial charge in [0.15, 0.2) is 0 Å². The third kappa shape index (κ3) is 2.31. The number of oxime groups is 1. The van der Waals surface area contributed by atoms with Crippen molar-refractivity contribution in [3.63, 3.8) is 0 Å². The Kier molecular flexibility index (Phi) is 3.17. The van der Waals surface area contributed by atoms with Crippen molar-refractivity contribution >= 4 is 11.4 Å². The molecule has 0 radical (unpaired) electrons. The summed E-state index contributed by atoms with van der Waals surface area (Å²) in [5, 5.41) is 23.1. The first-order chi connectivity index (χ1) is 9.14. The number of hydrogen-bond donors (Lipinski definition) is 1. The maximum Gasteiger partial charge on any atom is 0.458 e. The number of rotatable bonds is 2. The Balaban J connectivity index is 2.29. The number of aryl methyl sites for hydroxylation is 1. The summed E-state index contributed by atoms with van der Waals surface area (Å²) >= 11 is 0. The van der Waals surface area contributed by atoms with E-state index in [1.807, 2.05) is 0 Å². The number of nitro groups is 1. The molecule has 0 fully saturated rings. The summed E-state index contributed by atoms with van der Waals surface area (Å²) in [6.07, 6.45) is -5.85. The van der Waals surface area contributed by atoms with Crippen molar-refractivity contribution in [3.05, 3.63) is 39.4 Å². The van der Waals surface area contributed by atoms with E-state index in [4.69, 9.17) is 0 Å². The summed E-state index contributed by atoms with van der Waals surface area (Å²) in [4.78, 5) is 14.1. The van der Waals surface area contributed by atoms with Gasteiger partial charge in [-0.2, -0.15) is 13.2 Å². The molecule has 1 N–H and O–H groups in total. The lowest BCUT2D eigenvalue weighted by atomic mass is 9.98. The molecule has 0 spiro atoms. The van der Waals surface area contributed by atoms with Gasteiger partial charge in [0.25, 0.3) is 5.69 Å². The molecule has 0 saturated heterocycles. The molecule has 1 heterocycles. The molecule has 0 bridgehead atoms. The topological polar surface area (TPSA) is 85.0 Å². The van der Waals surface area contributed by atoms with Crippen LogP contribution in [-0.2, 0) is 4.84 Å². The molecule has 1 aromatic carbocycles. The monoisotopic (exact) mass is 290 g/mol. The van der Waals surface area contributed by atoms with Gasteiger partial charge in [0, 0.05) is 17.7 Å². The van der Waals surface area contributed by atoms with Crippen molar-refractivity contribution in [2.75, 3.05) is 0 Å². The van der Waals surface area contributed by atoms with Gasteiger partial charge in [-0.15, -0.1) is 0 Å². The van der Waals surface area contributed by atoms with E-state index in [1.54, 1.807) is 0 Å². The highest BCUT2D eigenvalue weighted by Gasteiger charge is 2.60. The number of nitrogens with zero attached hydrogens (tertiary/aromatic N) is 2. The highest BCUT2D eigenvalue weighted by atomic mass is 19.4. The van der Waals surface area contributed by atoms with Gasteiger partial charge in [-0.3, -0.25) is 10.1 Å². The molecule has 20 heavy (non-hydrogen) atoms. The number of non-ortho nitro benzene ring substituents is 1. The second-order valence-electron chi connectivity index (χ2n) is 4.34. The molecular formula is C11H9F3N2O4. The summed E-state index contributed by atoms with van der Waals surface area (Å²) in [5.74, 6) is -3.35. The summed E-state index contributed by atoms with van der Waals surface area (Å²) in [5.41, 5.74) is 0.331. The second-order valence-corrected chi connectivity index (χ2v) is 4.34. The Morgan fingerprint density at radius 1 is 1.50 bits per heavy atom. The third-order valence-corrected chi connectivity index (χ3v) is 2.89. The molecule has 1 unspecified atom stereocenters. The van der Waals surface area contributed by atoms with E-state index < -0.39 is 23.3 Å². The van der Waals surface area contributed by atoms with Gasteiger partial charge in [0.1, 0.15) is 0 Å². The zero-order valence-electron chi connectivity index (χ0n) is 10.1. The van der Waals surface area contributed by atoms with Crippen LogP contribution in [-0.4, -0.2) is 27.7 Å². The lowest BCUT2D eigenvalue weighted by Crippen LogP contribution is -2.45. The van der Waals surface area contributed by atoms with Crippen LogP contribution in [0.15, 0.2) is 23.4 Å². The molecule has 6 nitrogen and oxygen atoms in total. The Bertz CT molecular complexity index is 600. The van der Waals surface area contributed by atoms with Crippen LogP contribution in [0.4, 0.5) is 18.9 Å². The van der Waals surface area contributed by atoms with Gasteiger partial charge in [0.05, 0.1) is 17.1 Å². The van der Waals surface area contributed by atoms with E-state index in [0.29, 0.717) is 5.56 Å². The van der Waals surface area contributed by atoms with Gasteiger partial charge < -0.3 is 9.94 Å². The smallest absolute Gasteiger partial charge is 0.350 e. The minimum Gasteiger partial charge on any atom is -0.350 e. The largest absolute Gasteiger partial charge is 0.458 e. The van der Waals surface area contributed by atoms with Gasteiger partial charge in [-0.05, 0) is 18.6 Å². The van der Waals surface area contributed by atoms with Crippen LogP contribution in [0.25, 0.3) is 0 Å². The van der Waals surface area contributed by atoms with Crippen molar-refractivity contribution in [1.82, 2.24) is 0 Å². The molecular weight excluding hydrogens is 281 g/mol. The Hall–Kier alpha value is -2.16. The molecule has 0 amide bonds. The number of halogens is 3. The molecule has 9 heteroatoms. The van der Waals surface area contributed by atoms with Gasteiger partial charge >= 0.3 is 12.0 Å². The normalized spacial score (nSPS) is 22.4. The van der Waals surface area contributed by atoms with Crippen LogP contribution >= 0.6 is 0 Å². The maximum absolute atomic E-state index is 12.6. The first kappa shape index (κ1) is 14.3. The highest BCUT2D eigenvalue weighted by Crippen LogP contribution is 2.39. The number of alkyl halides is 3. The van der Waals surface area contributed by atoms with Crippen LogP contribution < -0.4 is 0 Å². The predicted molar refractivity (Wildman–Crippen MR) is 61.1 cm³/mol. The lowest BCUT2D eigenvalue weighted by molar-refractivity contribution is -0.384. The lowest BCUT2D eigenvalue weighted by Gasteiger charge is -2.22. The number of hydrogen-bond acceptors (Lipinski definition) is 5. The maximum atomic E-state index is 12.6. The number of nitro benzene ring substituents is 1. The van der Waals surface area contributed by atoms with Gasteiger partial charge in [-0.25, -0.2) is 0 Å². The molecule has 0 aromatic heterocycles. The first-order valence-corrected chi connectivity index (χ1v) is 5.43. The quantitative estimate of drug-likeness (QED) is 0.669. The van der Waals surface area contributed by atoms with E-state index in [9.17, 15) is 28.4 Å². The average Bonchev–Trinajstić information content (AvgIpc) is 2.72. The van der Waals surface area contributed by atoms with E-state index in [1.165, 1.54) is 19.1 Å². The first-order valence-electron chi connectivity index (χ1n) is 5.43. The fraction of sp³-hybridized carbons (Fsp3) is 0.364. The van der Waals surface area contributed by atoms with Crippen molar-refractivity contribution < 1.29 is 28.0 Å². The van der Waals surface area contributed by atoms with Gasteiger partial charge in [0.2, 0.25) is 0 Å². The van der Waals surface area contributed by atoms with Crippen LogP contribution in [0.1, 0.15) is 17.5 Å². The molecule has 108 valence electrons. The average molecular weight is 290 g/mol. The summed E-state index contributed by atoms with van der Waals surface area (Å²) in [7, 11) is 0. The SMILES string of the molecule is Cc1cc([N+](=O)[O-])ccc1C1=NOC(O)(C(F)(F)F)C1. The van der Waals surface area contributed by atoms with Crippen molar-refractivity contribution in [3.8, 4) is 0 Å². The van der Waals surface area contributed by atoms with Gasteiger partial charge in [-0.1, -0.05) is 5.16 Å². The zero-order valence-corrected chi connectivity index (χ0v) is 10.1. The molecule has 1 atom stereocenters. The van der Waals surface area contributed by atoms with Crippen molar-refractivity contribution in [2.45, 2.75) is 25.3 Å². The molecule has 1 aliphatic heterocycles. The summed E-state index contributed by atoms with van der Waals surface area (Å²) in [6.45, 7) is 1.50.